The number of phenols is 1. The van der Waals surface area contributed by atoms with Crippen LogP contribution in [0.2, 0.25) is 0 Å². The topological polar surface area (TPSA) is 71.7 Å². The number of aromatic carboxylic acids is 1. The Labute approximate surface area is 127 Å². The van der Waals surface area contributed by atoms with Crippen molar-refractivity contribution in [1.29, 1.82) is 0 Å². The van der Waals surface area contributed by atoms with Gasteiger partial charge in [0.25, 0.3) is 0 Å². The van der Waals surface area contributed by atoms with Crippen LogP contribution in [0, 0.1) is 0 Å². The quantitative estimate of drug-likeness (QED) is 0.776. The van der Waals surface area contributed by atoms with Crippen molar-refractivity contribution in [3.8, 4) is 11.5 Å². The lowest BCUT2D eigenvalue weighted by atomic mass is 10.1. The zero-order chi connectivity index (χ0) is 15.7. The SMILES string of the molecule is Cn1cc(COc2cccc(O)c2)c2cccc(C(=O)O)c21. The molecule has 0 unspecified atom stereocenters. The van der Waals surface area contributed by atoms with Crippen molar-refractivity contribution in [3.05, 3.63) is 59.8 Å². The van der Waals surface area contributed by atoms with Gasteiger partial charge in [0.1, 0.15) is 18.1 Å². The fourth-order valence-electron chi connectivity index (χ4n) is 2.57. The maximum absolute atomic E-state index is 11.3. The van der Waals surface area contributed by atoms with Crippen molar-refractivity contribution in [2.45, 2.75) is 6.61 Å². The zero-order valence-corrected chi connectivity index (χ0v) is 12.0. The first-order chi connectivity index (χ1) is 10.6. The van der Waals surface area contributed by atoms with Crippen LogP contribution in [0.5, 0.6) is 11.5 Å². The lowest BCUT2D eigenvalue weighted by Gasteiger charge is -2.06. The number of hydrogen-bond acceptors (Lipinski definition) is 3. The highest BCUT2D eigenvalue weighted by Crippen LogP contribution is 2.26. The molecule has 1 heterocycles. The van der Waals surface area contributed by atoms with Gasteiger partial charge in [-0.1, -0.05) is 18.2 Å². The van der Waals surface area contributed by atoms with Gasteiger partial charge in [-0.2, -0.15) is 0 Å². The van der Waals surface area contributed by atoms with Crippen LogP contribution < -0.4 is 4.74 Å². The molecule has 0 bridgehead atoms. The third kappa shape index (κ3) is 2.48. The summed E-state index contributed by atoms with van der Waals surface area (Å²) < 4.78 is 7.47. The number of para-hydroxylation sites is 1. The molecule has 5 nitrogen and oxygen atoms in total. The summed E-state index contributed by atoms with van der Waals surface area (Å²) in [6, 6.07) is 11.8. The number of nitrogens with zero attached hydrogens (tertiary/aromatic N) is 1. The molecule has 2 aromatic carbocycles. The summed E-state index contributed by atoms with van der Waals surface area (Å²) in [5.74, 6) is -0.248. The van der Waals surface area contributed by atoms with Gasteiger partial charge in [0.2, 0.25) is 0 Å². The van der Waals surface area contributed by atoms with Gasteiger partial charge in [-0.05, 0) is 18.2 Å². The number of benzene rings is 2. The number of aromatic hydroxyl groups is 1. The van der Waals surface area contributed by atoms with Crippen LogP contribution in [0.3, 0.4) is 0 Å². The number of aromatic nitrogens is 1. The van der Waals surface area contributed by atoms with Gasteiger partial charge in [0.05, 0.1) is 11.1 Å². The number of carboxylic acids is 1. The third-order valence-electron chi connectivity index (χ3n) is 3.53. The molecule has 0 aliphatic rings. The standard InChI is InChI=1S/C17H15NO4/c1-18-9-11(10-22-13-5-2-4-12(19)8-13)14-6-3-7-15(16(14)18)17(20)21/h2-9,19H,10H2,1H3,(H,20,21). The van der Waals surface area contributed by atoms with E-state index in [-0.39, 0.29) is 11.3 Å². The van der Waals surface area contributed by atoms with E-state index in [4.69, 9.17) is 4.74 Å². The Bertz CT molecular complexity index is 851. The summed E-state index contributed by atoms with van der Waals surface area (Å²) in [6.45, 7) is 0.296. The Hall–Kier alpha value is -2.95. The number of hydrogen-bond donors (Lipinski definition) is 2. The van der Waals surface area contributed by atoms with E-state index in [0.717, 1.165) is 10.9 Å². The molecule has 2 N–H and O–H groups in total. The van der Waals surface area contributed by atoms with Crippen molar-refractivity contribution >= 4 is 16.9 Å². The number of aryl methyl sites for hydroxylation is 1. The summed E-state index contributed by atoms with van der Waals surface area (Å²) in [5, 5.41) is 19.6. The summed E-state index contributed by atoms with van der Waals surface area (Å²) in [5.41, 5.74) is 1.83. The van der Waals surface area contributed by atoms with Crippen LogP contribution in [-0.2, 0) is 13.7 Å². The average molecular weight is 297 g/mol. The van der Waals surface area contributed by atoms with Crippen molar-refractivity contribution in [2.24, 2.45) is 7.05 Å². The van der Waals surface area contributed by atoms with Gasteiger partial charge >= 0.3 is 5.97 Å². The second-order valence-electron chi connectivity index (χ2n) is 5.06. The van der Waals surface area contributed by atoms with Gasteiger partial charge in [-0.25, -0.2) is 4.79 Å². The normalized spacial score (nSPS) is 10.8. The van der Waals surface area contributed by atoms with Crippen LogP contribution in [-0.4, -0.2) is 20.7 Å². The van der Waals surface area contributed by atoms with Gasteiger partial charge in [-0.3, -0.25) is 0 Å². The molecule has 1 aromatic heterocycles. The maximum atomic E-state index is 11.3. The Morgan fingerprint density at radius 1 is 1.23 bits per heavy atom. The molecule has 5 heteroatoms. The molecule has 112 valence electrons. The molecule has 0 aliphatic heterocycles. The number of fused-ring (bicyclic) bond motifs is 1. The molecule has 3 rings (SSSR count). The van der Waals surface area contributed by atoms with E-state index in [1.54, 1.807) is 34.9 Å². The van der Waals surface area contributed by atoms with Gasteiger partial charge in [0, 0.05) is 30.3 Å². The van der Waals surface area contributed by atoms with E-state index in [0.29, 0.717) is 17.9 Å². The molecule has 3 aromatic rings. The minimum atomic E-state index is -0.952. The smallest absolute Gasteiger partial charge is 0.337 e. The number of rotatable bonds is 4. The second kappa shape index (κ2) is 5.44. The van der Waals surface area contributed by atoms with Crippen LogP contribution in [0.4, 0.5) is 0 Å². The van der Waals surface area contributed by atoms with Crippen molar-refractivity contribution in [3.63, 3.8) is 0 Å². The summed E-state index contributed by atoms with van der Waals surface area (Å²) >= 11 is 0. The summed E-state index contributed by atoms with van der Waals surface area (Å²) in [7, 11) is 1.81. The van der Waals surface area contributed by atoms with E-state index < -0.39 is 5.97 Å². The molecule has 0 aliphatic carbocycles. The maximum Gasteiger partial charge on any atom is 0.337 e. The molecule has 0 atom stereocenters. The highest BCUT2D eigenvalue weighted by atomic mass is 16.5. The molecular formula is C17H15NO4. The van der Waals surface area contributed by atoms with E-state index in [2.05, 4.69) is 0 Å². The van der Waals surface area contributed by atoms with Crippen LogP contribution in [0.1, 0.15) is 15.9 Å². The number of carbonyl (C=O) groups is 1. The molecule has 0 fully saturated rings. The monoisotopic (exact) mass is 297 g/mol. The highest BCUT2D eigenvalue weighted by molar-refractivity contribution is 6.03. The molecular weight excluding hydrogens is 282 g/mol. The van der Waals surface area contributed by atoms with E-state index >= 15 is 0 Å². The molecule has 22 heavy (non-hydrogen) atoms. The first kappa shape index (κ1) is 14.0. The fourth-order valence-corrected chi connectivity index (χ4v) is 2.57. The first-order valence-electron chi connectivity index (χ1n) is 6.78. The average Bonchev–Trinajstić information content (AvgIpc) is 2.82. The summed E-state index contributed by atoms with van der Waals surface area (Å²) in [4.78, 5) is 11.3. The molecule has 0 spiro atoms. The van der Waals surface area contributed by atoms with Gasteiger partial charge in [0.15, 0.2) is 0 Å². The lowest BCUT2D eigenvalue weighted by Crippen LogP contribution is -1.99. The predicted octanol–water partition coefficient (Wildman–Crippen LogP) is 3.16. The molecule has 0 amide bonds. The molecule has 0 saturated carbocycles. The predicted molar refractivity (Wildman–Crippen MR) is 82.3 cm³/mol. The Kier molecular flexibility index (Phi) is 3.47. The van der Waals surface area contributed by atoms with Crippen LogP contribution in [0.15, 0.2) is 48.7 Å². The Morgan fingerprint density at radius 2 is 2.00 bits per heavy atom. The van der Waals surface area contributed by atoms with Crippen molar-refractivity contribution < 1.29 is 19.7 Å². The third-order valence-corrected chi connectivity index (χ3v) is 3.53. The minimum Gasteiger partial charge on any atom is -0.508 e. The number of carboxylic acid groups (broad SMARTS) is 1. The van der Waals surface area contributed by atoms with Crippen LogP contribution >= 0.6 is 0 Å². The lowest BCUT2D eigenvalue weighted by molar-refractivity contribution is 0.0698. The summed E-state index contributed by atoms with van der Waals surface area (Å²) in [6.07, 6.45) is 1.86. The number of phenolic OH excluding ortho intramolecular Hbond substituents is 1. The van der Waals surface area contributed by atoms with Crippen LogP contribution in [0.25, 0.3) is 10.9 Å². The van der Waals surface area contributed by atoms with E-state index in [1.807, 2.05) is 19.3 Å². The van der Waals surface area contributed by atoms with Crippen molar-refractivity contribution in [2.75, 3.05) is 0 Å². The first-order valence-corrected chi connectivity index (χ1v) is 6.78. The largest absolute Gasteiger partial charge is 0.508 e. The highest BCUT2D eigenvalue weighted by Gasteiger charge is 2.14. The van der Waals surface area contributed by atoms with Gasteiger partial charge in [-0.15, -0.1) is 0 Å². The van der Waals surface area contributed by atoms with Gasteiger partial charge < -0.3 is 19.5 Å². The van der Waals surface area contributed by atoms with E-state index in [1.165, 1.54) is 6.07 Å². The second-order valence-corrected chi connectivity index (χ2v) is 5.06. The Morgan fingerprint density at radius 3 is 2.73 bits per heavy atom. The van der Waals surface area contributed by atoms with E-state index in [9.17, 15) is 15.0 Å². The zero-order valence-electron chi connectivity index (χ0n) is 12.0. The number of ether oxygens (including phenoxy) is 1. The fraction of sp³-hybridized carbons (Fsp3) is 0.118. The molecule has 0 radical (unpaired) electrons. The Balaban J connectivity index is 1.95. The minimum absolute atomic E-state index is 0.142. The molecule has 0 saturated heterocycles. The van der Waals surface area contributed by atoms with Crippen molar-refractivity contribution in [1.82, 2.24) is 4.57 Å².